The van der Waals surface area contributed by atoms with Gasteiger partial charge in [0, 0.05) is 31.9 Å². The molecule has 1 fully saturated rings. The fourth-order valence-electron chi connectivity index (χ4n) is 2.40. The predicted molar refractivity (Wildman–Crippen MR) is 86.4 cm³/mol. The summed E-state index contributed by atoms with van der Waals surface area (Å²) < 4.78 is 0. The van der Waals surface area contributed by atoms with Crippen molar-refractivity contribution in [2.75, 3.05) is 11.9 Å². The van der Waals surface area contributed by atoms with Crippen molar-refractivity contribution in [1.29, 1.82) is 0 Å². The Morgan fingerprint density at radius 1 is 1.40 bits per heavy atom. The van der Waals surface area contributed by atoms with Crippen LogP contribution in [0.5, 0.6) is 0 Å². The van der Waals surface area contributed by atoms with Crippen molar-refractivity contribution < 1.29 is 0 Å². The highest BCUT2D eigenvalue weighted by atomic mass is 35.5. The van der Waals surface area contributed by atoms with Gasteiger partial charge in [0.25, 0.3) is 0 Å². The van der Waals surface area contributed by atoms with E-state index in [2.05, 4.69) is 49.1 Å². The first kappa shape index (κ1) is 15.6. The van der Waals surface area contributed by atoms with Crippen LogP contribution in [0.2, 0.25) is 5.02 Å². The Morgan fingerprint density at radius 3 is 2.70 bits per heavy atom. The topological polar surface area (TPSA) is 28.2 Å². The van der Waals surface area contributed by atoms with Crippen LogP contribution in [-0.4, -0.2) is 24.1 Å². The average molecular weight is 296 g/mol. The maximum Gasteiger partial charge on any atom is 0.128 e. The predicted octanol–water partition coefficient (Wildman–Crippen LogP) is 3.86. The van der Waals surface area contributed by atoms with E-state index in [9.17, 15) is 0 Å². The number of nitrogens with zero attached hydrogens (tertiary/aromatic N) is 2. The molecule has 1 unspecified atom stereocenters. The fourth-order valence-corrected chi connectivity index (χ4v) is 2.57. The summed E-state index contributed by atoms with van der Waals surface area (Å²) in [6, 6.07) is 3.29. The number of aromatic nitrogens is 1. The lowest BCUT2D eigenvalue weighted by molar-refractivity contribution is 0.502. The maximum atomic E-state index is 6.25. The second kappa shape index (κ2) is 6.77. The molecule has 1 aromatic rings. The van der Waals surface area contributed by atoms with Crippen LogP contribution in [0.3, 0.4) is 0 Å². The van der Waals surface area contributed by atoms with E-state index in [0.29, 0.717) is 18.0 Å². The van der Waals surface area contributed by atoms with E-state index in [4.69, 9.17) is 11.6 Å². The monoisotopic (exact) mass is 295 g/mol. The lowest BCUT2D eigenvalue weighted by Gasteiger charge is -2.27. The average Bonchev–Trinajstić information content (AvgIpc) is 3.20. The lowest BCUT2D eigenvalue weighted by atomic mass is 10.0. The molecule has 4 heteroatoms. The second-order valence-electron chi connectivity index (χ2n) is 6.38. The number of nitrogens with one attached hydrogen (secondary N) is 1. The minimum absolute atomic E-state index is 0.480. The van der Waals surface area contributed by atoms with Crippen LogP contribution in [0.4, 0.5) is 5.82 Å². The third kappa shape index (κ3) is 4.35. The van der Waals surface area contributed by atoms with Crippen LogP contribution in [0.15, 0.2) is 12.3 Å². The van der Waals surface area contributed by atoms with Gasteiger partial charge in [-0.15, -0.1) is 0 Å². The summed E-state index contributed by atoms with van der Waals surface area (Å²) in [5.74, 6) is 1.70. The first-order valence-corrected chi connectivity index (χ1v) is 7.95. The maximum absolute atomic E-state index is 6.25. The van der Waals surface area contributed by atoms with E-state index >= 15 is 0 Å². The van der Waals surface area contributed by atoms with Gasteiger partial charge >= 0.3 is 0 Å². The molecule has 0 saturated heterocycles. The van der Waals surface area contributed by atoms with Crippen molar-refractivity contribution in [3.63, 3.8) is 0 Å². The van der Waals surface area contributed by atoms with Gasteiger partial charge < -0.3 is 10.2 Å². The quantitative estimate of drug-likeness (QED) is 0.828. The van der Waals surface area contributed by atoms with E-state index in [-0.39, 0.29) is 0 Å². The third-order valence-corrected chi connectivity index (χ3v) is 4.25. The van der Waals surface area contributed by atoms with Crippen LogP contribution >= 0.6 is 11.6 Å². The van der Waals surface area contributed by atoms with E-state index in [1.807, 2.05) is 0 Å². The molecule has 0 spiro atoms. The first-order valence-electron chi connectivity index (χ1n) is 7.58. The number of halogens is 1. The summed E-state index contributed by atoms with van der Waals surface area (Å²) in [5, 5.41) is 4.27. The molecule has 0 radical (unpaired) electrons. The Labute approximate surface area is 127 Å². The van der Waals surface area contributed by atoms with Gasteiger partial charge in [-0.05, 0) is 43.7 Å². The highest BCUT2D eigenvalue weighted by Crippen LogP contribution is 2.24. The lowest BCUT2D eigenvalue weighted by Crippen LogP contribution is -2.31. The van der Waals surface area contributed by atoms with Crippen LogP contribution in [0.1, 0.15) is 45.6 Å². The van der Waals surface area contributed by atoms with Gasteiger partial charge in [0.1, 0.15) is 5.82 Å². The van der Waals surface area contributed by atoms with Crippen molar-refractivity contribution in [3.8, 4) is 0 Å². The molecule has 1 N–H and O–H groups in total. The van der Waals surface area contributed by atoms with Gasteiger partial charge in [0.2, 0.25) is 0 Å². The molecule has 0 aliphatic heterocycles. The van der Waals surface area contributed by atoms with E-state index in [1.165, 1.54) is 12.8 Å². The fraction of sp³-hybridized carbons (Fsp3) is 0.688. The Balaban J connectivity index is 2.04. The van der Waals surface area contributed by atoms with E-state index in [1.54, 1.807) is 6.20 Å². The Kier molecular flexibility index (Phi) is 5.28. The Bertz CT molecular complexity index is 443. The molecular formula is C16H26ClN3. The van der Waals surface area contributed by atoms with Gasteiger partial charge in [-0.3, -0.25) is 0 Å². The van der Waals surface area contributed by atoms with Crippen LogP contribution in [0, 0.1) is 5.92 Å². The SMILES string of the molecule is CC(C)CC(C)N(C)c1cc(CNC2CC2)c(Cl)cn1. The van der Waals surface area contributed by atoms with Crippen LogP contribution in [0.25, 0.3) is 0 Å². The molecule has 1 aliphatic rings. The summed E-state index contributed by atoms with van der Waals surface area (Å²) in [6.45, 7) is 7.60. The summed E-state index contributed by atoms with van der Waals surface area (Å²) in [7, 11) is 2.11. The Morgan fingerprint density at radius 2 is 2.10 bits per heavy atom. The molecule has 3 nitrogen and oxygen atoms in total. The van der Waals surface area contributed by atoms with Crippen molar-refractivity contribution in [2.45, 2.75) is 58.7 Å². The molecule has 20 heavy (non-hydrogen) atoms. The highest BCUT2D eigenvalue weighted by molar-refractivity contribution is 6.31. The third-order valence-electron chi connectivity index (χ3n) is 3.91. The minimum atomic E-state index is 0.480. The van der Waals surface area contributed by atoms with Gasteiger partial charge in [-0.1, -0.05) is 25.4 Å². The van der Waals surface area contributed by atoms with E-state index < -0.39 is 0 Å². The van der Waals surface area contributed by atoms with E-state index in [0.717, 1.165) is 29.4 Å². The Hall–Kier alpha value is -0.800. The van der Waals surface area contributed by atoms with Gasteiger partial charge in [-0.25, -0.2) is 4.98 Å². The van der Waals surface area contributed by atoms with Gasteiger partial charge in [0.05, 0.1) is 5.02 Å². The molecule has 1 heterocycles. The zero-order chi connectivity index (χ0) is 14.7. The number of anilines is 1. The van der Waals surface area contributed by atoms with Crippen molar-refractivity contribution >= 4 is 17.4 Å². The molecule has 1 aliphatic carbocycles. The molecule has 1 saturated carbocycles. The molecule has 0 bridgehead atoms. The molecule has 0 amide bonds. The molecule has 2 rings (SSSR count). The minimum Gasteiger partial charge on any atom is -0.357 e. The normalized spacial score (nSPS) is 16.5. The number of hydrogen-bond acceptors (Lipinski definition) is 3. The summed E-state index contributed by atoms with van der Waals surface area (Å²) in [6.07, 6.45) is 5.53. The number of rotatable bonds is 7. The van der Waals surface area contributed by atoms with Gasteiger partial charge in [0.15, 0.2) is 0 Å². The zero-order valence-electron chi connectivity index (χ0n) is 13.0. The van der Waals surface area contributed by atoms with Crippen LogP contribution in [-0.2, 0) is 6.54 Å². The summed E-state index contributed by atoms with van der Waals surface area (Å²) in [5.41, 5.74) is 1.15. The second-order valence-corrected chi connectivity index (χ2v) is 6.79. The largest absolute Gasteiger partial charge is 0.357 e. The summed E-state index contributed by atoms with van der Waals surface area (Å²) >= 11 is 6.25. The van der Waals surface area contributed by atoms with Crippen molar-refractivity contribution in [1.82, 2.24) is 10.3 Å². The van der Waals surface area contributed by atoms with Crippen molar-refractivity contribution in [3.05, 3.63) is 22.8 Å². The number of hydrogen-bond donors (Lipinski definition) is 1. The van der Waals surface area contributed by atoms with Crippen molar-refractivity contribution in [2.24, 2.45) is 5.92 Å². The molecule has 112 valence electrons. The summed E-state index contributed by atoms with van der Waals surface area (Å²) in [4.78, 5) is 6.72. The molecule has 0 aromatic carbocycles. The smallest absolute Gasteiger partial charge is 0.128 e. The molecular weight excluding hydrogens is 270 g/mol. The molecule has 1 atom stereocenters. The first-order chi connectivity index (χ1) is 9.47. The standard InChI is InChI=1S/C16H26ClN3/c1-11(2)7-12(3)20(4)16-8-13(15(17)10-19-16)9-18-14-5-6-14/h8,10-12,14,18H,5-7,9H2,1-4H3. The van der Waals surface area contributed by atoms with Crippen LogP contribution < -0.4 is 10.2 Å². The van der Waals surface area contributed by atoms with Gasteiger partial charge in [-0.2, -0.15) is 0 Å². The highest BCUT2D eigenvalue weighted by Gasteiger charge is 2.21. The molecule has 1 aromatic heterocycles. The zero-order valence-corrected chi connectivity index (χ0v) is 13.7. The number of pyridine rings is 1.